The molecule has 0 aliphatic heterocycles. The minimum absolute atomic E-state index is 0.120. The van der Waals surface area contributed by atoms with Gasteiger partial charge < -0.3 is 5.32 Å². The van der Waals surface area contributed by atoms with Crippen LogP contribution in [0.3, 0.4) is 0 Å². The van der Waals surface area contributed by atoms with E-state index in [0.29, 0.717) is 12.2 Å². The van der Waals surface area contributed by atoms with Crippen LogP contribution in [-0.4, -0.2) is 5.78 Å². The van der Waals surface area contributed by atoms with Crippen LogP contribution in [0.2, 0.25) is 0 Å². The summed E-state index contributed by atoms with van der Waals surface area (Å²) in [6.07, 6.45) is 0. The molecule has 0 aliphatic rings. The fourth-order valence-electron chi connectivity index (χ4n) is 1.93. The summed E-state index contributed by atoms with van der Waals surface area (Å²) in [4.78, 5) is 11.5. The quantitative estimate of drug-likeness (QED) is 0.840. The van der Waals surface area contributed by atoms with Gasteiger partial charge in [0.05, 0.1) is 5.56 Å². The molecular formula is C16H16FNO. The maximum Gasteiger partial charge on any atom is 0.164 e. The Morgan fingerprint density at radius 2 is 1.84 bits per heavy atom. The van der Waals surface area contributed by atoms with Crippen LogP contribution in [0.15, 0.2) is 42.5 Å². The first-order valence-electron chi connectivity index (χ1n) is 6.17. The molecule has 0 amide bonds. The lowest BCUT2D eigenvalue weighted by Gasteiger charge is -2.11. The molecule has 0 fully saturated rings. The van der Waals surface area contributed by atoms with Crippen LogP contribution in [0.1, 0.15) is 28.4 Å². The lowest BCUT2D eigenvalue weighted by atomic mass is 10.1. The minimum Gasteiger partial charge on any atom is -0.380 e. The number of ketones is 1. The van der Waals surface area contributed by atoms with Gasteiger partial charge in [0.1, 0.15) is 5.82 Å². The number of benzene rings is 2. The lowest BCUT2D eigenvalue weighted by molar-refractivity contribution is 0.101. The second-order valence-electron chi connectivity index (χ2n) is 4.56. The number of hydrogen-bond acceptors (Lipinski definition) is 2. The molecule has 0 aliphatic carbocycles. The van der Waals surface area contributed by atoms with E-state index in [0.717, 1.165) is 5.56 Å². The highest BCUT2D eigenvalue weighted by atomic mass is 19.1. The smallest absolute Gasteiger partial charge is 0.164 e. The largest absolute Gasteiger partial charge is 0.380 e. The van der Waals surface area contributed by atoms with E-state index in [1.165, 1.54) is 18.6 Å². The topological polar surface area (TPSA) is 29.1 Å². The maximum atomic E-state index is 13.6. The van der Waals surface area contributed by atoms with Gasteiger partial charge in [0.2, 0.25) is 0 Å². The molecule has 0 spiro atoms. The van der Waals surface area contributed by atoms with E-state index in [1.54, 1.807) is 12.1 Å². The van der Waals surface area contributed by atoms with E-state index in [-0.39, 0.29) is 11.3 Å². The Balaban J connectivity index is 2.18. The summed E-state index contributed by atoms with van der Waals surface area (Å²) >= 11 is 0. The Labute approximate surface area is 112 Å². The molecule has 2 aromatic rings. The molecule has 3 heteroatoms. The van der Waals surface area contributed by atoms with Crippen molar-refractivity contribution >= 4 is 11.5 Å². The zero-order chi connectivity index (χ0) is 13.8. The highest BCUT2D eigenvalue weighted by Crippen LogP contribution is 2.20. The first kappa shape index (κ1) is 13.3. The van der Waals surface area contributed by atoms with E-state index in [4.69, 9.17) is 0 Å². The Morgan fingerprint density at radius 1 is 1.16 bits per heavy atom. The van der Waals surface area contributed by atoms with Crippen molar-refractivity contribution in [3.05, 3.63) is 65.0 Å². The van der Waals surface area contributed by atoms with E-state index in [9.17, 15) is 9.18 Å². The van der Waals surface area contributed by atoms with Crippen molar-refractivity contribution in [3.8, 4) is 0 Å². The Bertz CT molecular complexity index is 590. The van der Waals surface area contributed by atoms with Gasteiger partial charge in [-0.15, -0.1) is 0 Å². The van der Waals surface area contributed by atoms with Gasteiger partial charge >= 0.3 is 0 Å². The number of rotatable bonds is 4. The second kappa shape index (κ2) is 5.65. The zero-order valence-corrected chi connectivity index (χ0v) is 11.0. The molecule has 0 saturated carbocycles. The number of anilines is 1. The normalized spacial score (nSPS) is 10.3. The van der Waals surface area contributed by atoms with Gasteiger partial charge in [0.25, 0.3) is 0 Å². The maximum absolute atomic E-state index is 13.6. The van der Waals surface area contributed by atoms with Crippen LogP contribution in [-0.2, 0) is 6.54 Å². The molecule has 0 heterocycles. The predicted molar refractivity (Wildman–Crippen MR) is 74.9 cm³/mol. The molecule has 0 aromatic heterocycles. The number of Topliss-reactive ketones (excluding diaryl/α,β-unsaturated/α-hetero) is 1. The summed E-state index contributed by atoms with van der Waals surface area (Å²) in [6.45, 7) is 3.96. The second-order valence-corrected chi connectivity index (χ2v) is 4.56. The SMILES string of the molecule is CC(=O)c1c(F)cccc1NCc1ccc(C)cc1. The molecule has 19 heavy (non-hydrogen) atoms. The zero-order valence-electron chi connectivity index (χ0n) is 11.0. The number of halogens is 1. The van der Waals surface area contributed by atoms with Crippen LogP contribution in [0, 0.1) is 12.7 Å². The lowest BCUT2D eigenvalue weighted by Crippen LogP contribution is -2.07. The minimum atomic E-state index is -0.485. The van der Waals surface area contributed by atoms with Crippen molar-refractivity contribution < 1.29 is 9.18 Å². The summed E-state index contributed by atoms with van der Waals surface area (Å²) in [6, 6.07) is 12.7. The first-order valence-corrected chi connectivity index (χ1v) is 6.17. The molecule has 2 rings (SSSR count). The molecular weight excluding hydrogens is 241 g/mol. The molecule has 1 N–H and O–H groups in total. The van der Waals surface area contributed by atoms with Gasteiger partial charge in [-0.1, -0.05) is 35.9 Å². The van der Waals surface area contributed by atoms with Crippen molar-refractivity contribution in [1.29, 1.82) is 0 Å². The van der Waals surface area contributed by atoms with Gasteiger partial charge in [-0.2, -0.15) is 0 Å². The van der Waals surface area contributed by atoms with Crippen molar-refractivity contribution in [2.24, 2.45) is 0 Å². The third kappa shape index (κ3) is 3.19. The van der Waals surface area contributed by atoms with Crippen LogP contribution in [0.5, 0.6) is 0 Å². The third-order valence-electron chi connectivity index (χ3n) is 2.97. The average Bonchev–Trinajstić information content (AvgIpc) is 2.37. The standard InChI is InChI=1S/C16H16FNO/c1-11-6-8-13(9-7-11)10-18-15-5-3-4-14(17)16(15)12(2)19/h3-9,18H,10H2,1-2H3. The van der Waals surface area contributed by atoms with Crippen LogP contribution >= 0.6 is 0 Å². The van der Waals surface area contributed by atoms with E-state index < -0.39 is 5.82 Å². The van der Waals surface area contributed by atoms with Gasteiger partial charge in [-0.05, 0) is 31.5 Å². The summed E-state index contributed by atoms with van der Waals surface area (Å²) in [5, 5.41) is 3.11. The predicted octanol–water partition coefficient (Wildman–Crippen LogP) is 3.95. The highest BCUT2D eigenvalue weighted by Gasteiger charge is 2.12. The van der Waals surface area contributed by atoms with Gasteiger partial charge in [-0.3, -0.25) is 4.79 Å². The fraction of sp³-hybridized carbons (Fsp3) is 0.188. The van der Waals surface area contributed by atoms with Gasteiger partial charge in [0, 0.05) is 12.2 Å². The summed E-state index contributed by atoms with van der Waals surface area (Å²) in [7, 11) is 0. The number of aryl methyl sites for hydroxylation is 1. The Hall–Kier alpha value is -2.16. The number of carbonyl (C=O) groups is 1. The van der Waals surface area contributed by atoms with Crippen LogP contribution in [0.25, 0.3) is 0 Å². The Kier molecular flexibility index (Phi) is 3.95. The van der Waals surface area contributed by atoms with Crippen molar-refractivity contribution in [2.45, 2.75) is 20.4 Å². The molecule has 98 valence electrons. The van der Waals surface area contributed by atoms with E-state index in [2.05, 4.69) is 5.32 Å². The molecule has 0 bridgehead atoms. The fourth-order valence-corrected chi connectivity index (χ4v) is 1.93. The number of nitrogens with one attached hydrogen (secondary N) is 1. The van der Waals surface area contributed by atoms with Crippen molar-refractivity contribution in [2.75, 3.05) is 5.32 Å². The van der Waals surface area contributed by atoms with Crippen LogP contribution in [0.4, 0.5) is 10.1 Å². The van der Waals surface area contributed by atoms with E-state index in [1.807, 2.05) is 31.2 Å². The first-order chi connectivity index (χ1) is 9.08. The molecule has 2 aromatic carbocycles. The Morgan fingerprint density at radius 3 is 2.47 bits per heavy atom. The average molecular weight is 257 g/mol. The molecule has 0 radical (unpaired) electrons. The number of carbonyl (C=O) groups excluding carboxylic acids is 1. The molecule has 0 atom stereocenters. The highest BCUT2D eigenvalue weighted by molar-refractivity contribution is 5.99. The summed E-state index contributed by atoms with van der Waals surface area (Å²) < 4.78 is 13.6. The van der Waals surface area contributed by atoms with Crippen molar-refractivity contribution in [3.63, 3.8) is 0 Å². The monoisotopic (exact) mass is 257 g/mol. The molecule has 0 saturated heterocycles. The van der Waals surface area contributed by atoms with Crippen molar-refractivity contribution in [1.82, 2.24) is 0 Å². The number of hydrogen-bond donors (Lipinski definition) is 1. The van der Waals surface area contributed by atoms with Gasteiger partial charge in [0.15, 0.2) is 5.78 Å². The summed E-state index contributed by atoms with van der Waals surface area (Å²) in [5.74, 6) is -0.758. The van der Waals surface area contributed by atoms with E-state index >= 15 is 0 Å². The third-order valence-corrected chi connectivity index (χ3v) is 2.97. The molecule has 0 unspecified atom stereocenters. The van der Waals surface area contributed by atoms with Gasteiger partial charge in [-0.25, -0.2) is 4.39 Å². The molecule has 2 nitrogen and oxygen atoms in total. The summed E-state index contributed by atoms with van der Waals surface area (Å²) in [5.41, 5.74) is 2.94. The van der Waals surface area contributed by atoms with Crippen LogP contribution < -0.4 is 5.32 Å².